The molecule has 1 aliphatic carbocycles. The second kappa shape index (κ2) is 13.0. The minimum Gasteiger partial charge on any atom is -0.457 e. The van der Waals surface area contributed by atoms with Gasteiger partial charge in [-0.1, -0.05) is 176 Å². The molecule has 0 bridgehead atoms. The molecule has 2 aliphatic heterocycles. The molecule has 8 aromatic carbocycles. The molecule has 0 fully saturated rings. The third-order valence-electron chi connectivity index (χ3n) is 11.6. The van der Waals surface area contributed by atoms with Crippen LogP contribution in [0.2, 0.25) is 0 Å². The maximum absolute atomic E-state index is 6.56. The molecule has 2 heterocycles. The fourth-order valence-electron chi connectivity index (χ4n) is 9.01. The van der Waals surface area contributed by atoms with Crippen molar-refractivity contribution in [2.45, 2.75) is 11.6 Å². The molecule has 3 nitrogen and oxygen atoms in total. The Morgan fingerprint density at radius 3 is 1.66 bits per heavy atom. The first-order chi connectivity index (χ1) is 27.7. The van der Waals surface area contributed by atoms with E-state index >= 15 is 0 Å². The molecule has 3 aliphatic rings. The van der Waals surface area contributed by atoms with Crippen molar-refractivity contribution in [1.82, 2.24) is 5.32 Å². The normalized spacial score (nSPS) is 15.6. The Bertz CT molecular complexity index is 2810. The van der Waals surface area contributed by atoms with Gasteiger partial charge < -0.3 is 10.1 Å². The van der Waals surface area contributed by atoms with Crippen LogP contribution in [0.15, 0.2) is 211 Å². The highest BCUT2D eigenvalue weighted by Crippen LogP contribution is 2.62. The lowest BCUT2D eigenvalue weighted by Gasteiger charge is -2.39. The van der Waals surface area contributed by atoms with E-state index in [1.54, 1.807) is 0 Å². The number of hydrogen-bond acceptors (Lipinski definition) is 3. The minimum atomic E-state index is -0.494. The summed E-state index contributed by atoms with van der Waals surface area (Å²) in [6, 6.07) is 71.7. The molecule has 1 atom stereocenters. The van der Waals surface area contributed by atoms with Crippen molar-refractivity contribution in [3.05, 3.63) is 245 Å². The third-order valence-corrected chi connectivity index (χ3v) is 11.6. The van der Waals surface area contributed by atoms with Crippen molar-refractivity contribution >= 4 is 11.4 Å². The first kappa shape index (κ1) is 32.2. The van der Waals surface area contributed by atoms with Crippen LogP contribution in [0, 0.1) is 0 Å². The number of aliphatic imine (C=N–C) groups is 1. The van der Waals surface area contributed by atoms with Crippen LogP contribution in [-0.2, 0) is 5.41 Å². The van der Waals surface area contributed by atoms with Gasteiger partial charge in [0.05, 0.1) is 11.1 Å². The van der Waals surface area contributed by atoms with Crippen molar-refractivity contribution in [3.63, 3.8) is 0 Å². The van der Waals surface area contributed by atoms with Crippen LogP contribution in [0.5, 0.6) is 11.5 Å². The Hall–Kier alpha value is -7.23. The SMILES string of the molecule is C1=C(c2ccccc2)NC(c2ccc(-c3cccc(-c4ccc5c(c4)C4(c6ccccc6Oc6ccccc64)c4ccccc4-5)c3)cc2)N=C1c1ccccc1. The molecule has 0 saturated carbocycles. The maximum atomic E-state index is 6.56. The van der Waals surface area contributed by atoms with Crippen molar-refractivity contribution in [2.75, 3.05) is 0 Å². The summed E-state index contributed by atoms with van der Waals surface area (Å²) < 4.78 is 6.56. The molecule has 264 valence electrons. The molecule has 0 amide bonds. The zero-order valence-corrected chi connectivity index (χ0v) is 30.6. The third kappa shape index (κ3) is 5.09. The number of rotatable bonds is 5. The summed E-state index contributed by atoms with van der Waals surface area (Å²) >= 11 is 0. The molecular formula is C53H36N2O. The molecule has 3 heteroatoms. The van der Waals surface area contributed by atoms with Gasteiger partial charge in [-0.15, -0.1) is 0 Å². The minimum absolute atomic E-state index is 0.214. The first-order valence-corrected chi connectivity index (χ1v) is 19.2. The number of nitrogens with zero attached hydrogens (tertiary/aromatic N) is 1. The van der Waals surface area contributed by atoms with E-state index in [0.717, 1.165) is 45.2 Å². The molecule has 11 rings (SSSR count). The summed E-state index contributed by atoms with van der Waals surface area (Å²) in [4.78, 5) is 5.18. The van der Waals surface area contributed by atoms with Gasteiger partial charge >= 0.3 is 0 Å². The Balaban J connectivity index is 0.967. The molecule has 1 N–H and O–H groups in total. The summed E-state index contributed by atoms with van der Waals surface area (Å²) in [5.74, 6) is 1.81. The van der Waals surface area contributed by atoms with E-state index in [2.05, 4.69) is 206 Å². The lowest BCUT2D eigenvalue weighted by molar-refractivity contribution is 0.436. The Morgan fingerprint density at radius 2 is 0.946 bits per heavy atom. The number of ether oxygens (including phenoxy) is 1. The summed E-state index contributed by atoms with van der Waals surface area (Å²) in [5, 5.41) is 3.71. The van der Waals surface area contributed by atoms with Gasteiger partial charge in [-0.2, -0.15) is 0 Å². The molecule has 8 aromatic rings. The Morgan fingerprint density at radius 1 is 0.411 bits per heavy atom. The highest BCUT2D eigenvalue weighted by molar-refractivity contribution is 6.13. The van der Waals surface area contributed by atoms with E-state index in [-0.39, 0.29) is 6.17 Å². The van der Waals surface area contributed by atoms with Crippen LogP contribution in [0.4, 0.5) is 0 Å². The molecule has 0 radical (unpaired) electrons. The van der Waals surface area contributed by atoms with Crippen molar-refractivity contribution in [2.24, 2.45) is 4.99 Å². The van der Waals surface area contributed by atoms with Gasteiger partial charge in [0.15, 0.2) is 0 Å². The Labute approximate surface area is 327 Å². The van der Waals surface area contributed by atoms with Gasteiger partial charge in [-0.05, 0) is 91.5 Å². The maximum Gasteiger partial charge on any atom is 0.145 e. The lowest BCUT2D eigenvalue weighted by Crippen LogP contribution is -2.32. The van der Waals surface area contributed by atoms with Gasteiger partial charge in [-0.3, -0.25) is 4.99 Å². The molecule has 56 heavy (non-hydrogen) atoms. The fraction of sp³-hybridized carbons (Fsp3) is 0.0377. The van der Waals surface area contributed by atoms with Crippen LogP contribution in [0.1, 0.15) is 45.1 Å². The lowest BCUT2D eigenvalue weighted by atomic mass is 9.66. The van der Waals surface area contributed by atoms with Crippen LogP contribution in [0.25, 0.3) is 39.1 Å². The fourth-order valence-corrected chi connectivity index (χ4v) is 9.01. The van der Waals surface area contributed by atoms with Gasteiger partial charge in [0.25, 0.3) is 0 Å². The second-order valence-corrected chi connectivity index (χ2v) is 14.7. The van der Waals surface area contributed by atoms with Gasteiger partial charge in [0.1, 0.15) is 17.7 Å². The monoisotopic (exact) mass is 716 g/mol. The molecule has 0 saturated heterocycles. The summed E-state index contributed by atoms with van der Waals surface area (Å²) in [6.07, 6.45) is 1.94. The zero-order valence-electron chi connectivity index (χ0n) is 30.6. The largest absolute Gasteiger partial charge is 0.457 e. The second-order valence-electron chi connectivity index (χ2n) is 14.7. The smallest absolute Gasteiger partial charge is 0.145 e. The molecule has 1 unspecified atom stereocenters. The molecule has 1 spiro atoms. The molecule has 0 aromatic heterocycles. The van der Waals surface area contributed by atoms with Gasteiger partial charge in [-0.25, -0.2) is 0 Å². The zero-order chi connectivity index (χ0) is 37.1. The van der Waals surface area contributed by atoms with E-state index in [4.69, 9.17) is 9.73 Å². The Kier molecular flexibility index (Phi) is 7.46. The topological polar surface area (TPSA) is 33.6 Å². The van der Waals surface area contributed by atoms with E-state index in [1.807, 2.05) is 6.07 Å². The van der Waals surface area contributed by atoms with Gasteiger partial charge in [0, 0.05) is 16.8 Å². The number of hydrogen-bond donors (Lipinski definition) is 1. The summed E-state index contributed by atoms with van der Waals surface area (Å²) in [5.41, 5.74) is 17.1. The van der Waals surface area contributed by atoms with Crippen LogP contribution in [0.3, 0.4) is 0 Å². The van der Waals surface area contributed by atoms with Crippen LogP contribution >= 0.6 is 0 Å². The van der Waals surface area contributed by atoms with Crippen molar-refractivity contribution in [3.8, 4) is 44.9 Å². The average molecular weight is 717 g/mol. The quantitative estimate of drug-likeness (QED) is 0.192. The van der Waals surface area contributed by atoms with E-state index in [0.29, 0.717) is 0 Å². The standard InChI is InChI=1S/C53H36N2O/c1-3-14-36(15-4-1)48-34-49(37-16-5-2-6-17-37)55-52(54-48)38-28-26-35(27-29-38)39-18-13-19-40(32-39)41-30-31-43-42-20-7-8-21-44(42)53(47(43)33-41)45-22-9-11-24-50(45)56-51-25-12-10-23-46(51)53/h1-34,52,54H. The number of allylic oxidation sites excluding steroid dienone is 1. The highest BCUT2D eigenvalue weighted by atomic mass is 16.5. The number of benzene rings is 8. The molecular weight excluding hydrogens is 681 g/mol. The van der Waals surface area contributed by atoms with Crippen LogP contribution < -0.4 is 10.1 Å². The van der Waals surface area contributed by atoms with Crippen molar-refractivity contribution < 1.29 is 4.74 Å². The first-order valence-electron chi connectivity index (χ1n) is 19.2. The van der Waals surface area contributed by atoms with E-state index in [1.165, 1.54) is 50.1 Å². The summed E-state index contributed by atoms with van der Waals surface area (Å²) in [7, 11) is 0. The highest BCUT2D eigenvalue weighted by Gasteiger charge is 2.51. The number of nitrogens with one attached hydrogen (secondary N) is 1. The average Bonchev–Trinajstić information content (AvgIpc) is 3.57. The summed E-state index contributed by atoms with van der Waals surface area (Å²) in [6.45, 7) is 0. The predicted molar refractivity (Wildman–Crippen MR) is 228 cm³/mol. The number of fused-ring (bicyclic) bond motifs is 9. The number of para-hydroxylation sites is 2. The predicted octanol–water partition coefficient (Wildman–Crippen LogP) is 12.6. The van der Waals surface area contributed by atoms with Crippen LogP contribution in [-0.4, -0.2) is 5.71 Å². The van der Waals surface area contributed by atoms with E-state index in [9.17, 15) is 0 Å². The van der Waals surface area contributed by atoms with Crippen molar-refractivity contribution in [1.29, 1.82) is 0 Å². The van der Waals surface area contributed by atoms with E-state index < -0.39 is 5.41 Å². The van der Waals surface area contributed by atoms with Gasteiger partial charge in [0.2, 0.25) is 0 Å².